The summed E-state index contributed by atoms with van der Waals surface area (Å²) in [5.74, 6) is 0.178. The lowest BCUT2D eigenvalue weighted by molar-refractivity contribution is 0.104. The number of benzene rings is 1. The summed E-state index contributed by atoms with van der Waals surface area (Å²) < 4.78 is 1.13. The molecule has 0 aromatic heterocycles. The first-order valence-electron chi connectivity index (χ1n) is 5.00. The molecular weight excluding hydrogens is 252 g/mol. The van der Waals surface area contributed by atoms with Crippen LogP contribution >= 0.6 is 15.9 Å². The van der Waals surface area contributed by atoms with Crippen LogP contribution in [-0.4, -0.2) is 5.78 Å². The van der Waals surface area contributed by atoms with Crippen LogP contribution in [0.3, 0.4) is 0 Å². The van der Waals surface area contributed by atoms with Crippen molar-refractivity contribution in [1.82, 2.24) is 0 Å². The quantitative estimate of drug-likeness (QED) is 0.695. The van der Waals surface area contributed by atoms with Crippen LogP contribution in [0.1, 0.15) is 28.8 Å². The molecule has 1 aromatic carbocycles. The largest absolute Gasteiger partial charge is 0.289 e. The molecule has 0 radical (unpaired) electrons. The summed E-state index contributed by atoms with van der Waals surface area (Å²) in [5.41, 5.74) is 4.10. The molecule has 0 N–H and O–H groups in total. The average Bonchev–Trinajstić information content (AvgIpc) is 2.54. The number of fused-ring (bicyclic) bond motifs is 2. The lowest BCUT2D eigenvalue weighted by atomic mass is 9.97. The zero-order valence-electron chi connectivity index (χ0n) is 8.09. The average molecular weight is 261 g/mol. The molecule has 15 heavy (non-hydrogen) atoms. The smallest absolute Gasteiger partial charge is 0.193 e. The molecule has 0 atom stereocenters. The van der Waals surface area contributed by atoms with Gasteiger partial charge in [0.1, 0.15) is 0 Å². The summed E-state index contributed by atoms with van der Waals surface area (Å²) in [7, 11) is 0. The molecule has 2 aliphatic carbocycles. The van der Waals surface area contributed by atoms with E-state index in [2.05, 4.69) is 15.9 Å². The van der Waals surface area contributed by atoms with Gasteiger partial charge in [-0.2, -0.15) is 0 Å². The minimum atomic E-state index is 0.178. The monoisotopic (exact) mass is 260 g/mol. The van der Waals surface area contributed by atoms with E-state index in [-0.39, 0.29) is 5.78 Å². The summed E-state index contributed by atoms with van der Waals surface area (Å²) >= 11 is 3.47. The van der Waals surface area contributed by atoms with Crippen molar-refractivity contribution in [3.63, 3.8) is 0 Å². The van der Waals surface area contributed by atoms with Crippen LogP contribution in [0.2, 0.25) is 0 Å². The molecule has 1 aromatic rings. The van der Waals surface area contributed by atoms with E-state index in [0.29, 0.717) is 0 Å². The van der Waals surface area contributed by atoms with Gasteiger partial charge in [0.15, 0.2) is 5.78 Å². The fourth-order valence-electron chi connectivity index (χ4n) is 2.27. The second kappa shape index (κ2) is 3.17. The third-order valence-corrected chi connectivity index (χ3v) is 3.61. The van der Waals surface area contributed by atoms with E-state index in [1.54, 1.807) is 0 Å². The van der Waals surface area contributed by atoms with E-state index in [0.717, 1.165) is 34.0 Å². The molecule has 0 aliphatic heterocycles. The number of hydrogen-bond donors (Lipinski definition) is 0. The summed E-state index contributed by atoms with van der Waals surface area (Å²) in [6.45, 7) is 0. The maximum Gasteiger partial charge on any atom is 0.193 e. The minimum Gasteiger partial charge on any atom is -0.289 e. The van der Waals surface area contributed by atoms with Gasteiger partial charge in [0.05, 0.1) is 0 Å². The highest BCUT2D eigenvalue weighted by Gasteiger charge is 2.29. The third kappa shape index (κ3) is 1.25. The van der Waals surface area contributed by atoms with Gasteiger partial charge in [-0.3, -0.25) is 4.79 Å². The SMILES string of the molecule is O=C1C2=C(CCC(Br)=C2)c2ccccc21. The summed E-state index contributed by atoms with van der Waals surface area (Å²) in [4.78, 5) is 12.1. The van der Waals surface area contributed by atoms with Crippen LogP contribution in [0.25, 0.3) is 5.57 Å². The highest BCUT2D eigenvalue weighted by Crippen LogP contribution is 2.41. The second-order valence-corrected chi connectivity index (χ2v) is 4.88. The number of ketones is 1. The number of hydrogen-bond acceptors (Lipinski definition) is 1. The van der Waals surface area contributed by atoms with Crippen molar-refractivity contribution >= 4 is 27.3 Å². The Labute approximate surface area is 96.6 Å². The molecule has 0 amide bonds. The van der Waals surface area contributed by atoms with Crippen molar-refractivity contribution in [3.05, 3.63) is 51.5 Å². The molecule has 0 saturated carbocycles. The Morgan fingerprint density at radius 2 is 1.80 bits per heavy atom. The lowest BCUT2D eigenvalue weighted by Crippen LogP contribution is -1.98. The molecule has 0 bridgehead atoms. The molecule has 1 nitrogen and oxygen atoms in total. The second-order valence-electron chi connectivity index (χ2n) is 3.86. The van der Waals surface area contributed by atoms with Crippen molar-refractivity contribution < 1.29 is 4.79 Å². The number of allylic oxidation sites excluding steroid dienone is 4. The fourth-order valence-corrected chi connectivity index (χ4v) is 2.69. The van der Waals surface area contributed by atoms with E-state index in [4.69, 9.17) is 0 Å². The van der Waals surface area contributed by atoms with Crippen molar-refractivity contribution in [2.75, 3.05) is 0 Å². The fraction of sp³-hybridized carbons (Fsp3) is 0.154. The number of rotatable bonds is 0. The van der Waals surface area contributed by atoms with Gasteiger partial charge in [0.25, 0.3) is 0 Å². The van der Waals surface area contributed by atoms with Crippen molar-refractivity contribution in [1.29, 1.82) is 0 Å². The predicted molar refractivity (Wildman–Crippen MR) is 63.9 cm³/mol. The summed E-state index contributed by atoms with van der Waals surface area (Å²) in [5, 5.41) is 0. The van der Waals surface area contributed by atoms with Gasteiger partial charge >= 0.3 is 0 Å². The van der Waals surface area contributed by atoms with Gasteiger partial charge in [0, 0.05) is 11.1 Å². The highest BCUT2D eigenvalue weighted by atomic mass is 79.9. The maximum absolute atomic E-state index is 12.1. The number of carbonyl (C=O) groups is 1. The number of carbonyl (C=O) groups excluding carboxylic acids is 1. The highest BCUT2D eigenvalue weighted by molar-refractivity contribution is 9.11. The van der Waals surface area contributed by atoms with Gasteiger partial charge in [-0.25, -0.2) is 0 Å². The maximum atomic E-state index is 12.1. The molecule has 2 aliphatic rings. The Hall–Kier alpha value is -1.15. The Kier molecular flexibility index (Phi) is 1.93. The molecule has 3 rings (SSSR count). The molecule has 74 valence electrons. The van der Waals surface area contributed by atoms with E-state index in [1.165, 1.54) is 5.57 Å². The van der Waals surface area contributed by atoms with Crippen LogP contribution in [-0.2, 0) is 0 Å². The topological polar surface area (TPSA) is 17.1 Å². The Balaban J connectivity index is 2.24. The third-order valence-electron chi connectivity index (χ3n) is 2.98. The van der Waals surface area contributed by atoms with E-state index >= 15 is 0 Å². The number of halogens is 1. The summed E-state index contributed by atoms with van der Waals surface area (Å²) in [6, 6.07) is 7.88. The number of Topliss-reactive ketones (excluding diaryl/α,β-unsaturated/α-hetero) is 1. The summed E-state index contributed by atoms with van der Waals surface area (Å²) in [6.07, 6.45) is 3.94. The Morgan fingerprint density at radius 1 is 1.07 bits per heavy atom. The van der Waals surface area contributed by atoms with E-state index < -0.39 is 0 Å². The molecule has 0 fully saturated rings. The van der Waals surface area contributed by atoms with Gasteiger partial charge < -0.3 is 0 Å². The van der Waals surface area contributed by atoms with Gasteiger partial charge in [-0.05, 0) is 34.5 Å². The van der Waals surface area contributed by atoms with Crippen LogP contribution in [0.15, 0.2) is 40.4 Å². The van der Waals surface area contributed by atoms with Crippen molar-refractivity contribution in [3.8, 4) is 0 Å². The first-order chi connectivity index (χ1) is 7.27. The zero-order chi connectivity index (χ0) is 10.4. The first-order valence-corrected chi connectivity index (χ1v) is 5.80. The molecule has 2 heteroatoms. The van der Waals surface area contributed by atoms with E-state index in [9.17, 15) is 4.79 Å². The molecule has 0 saturated heterocycles. The standard InChI is InChI=1S/C13H9BrO/c14-8-5-6-10-9-3-1-2-4-11(9)13(15)12(10)7-8/h1-4,7H,5-6H2. The Morgan fingerprint density at radius 3 is 2.60 bits per heavy atom. The molecular formula is C13H9BrO. The van der Waals surface area contributed by atoms with Crippen molar-refractivity contribution in [2.24, 2.45) is 0 Å². The van der Waals surface area contributed by atoms with Crippen molar-refractivity contribution in [2.45, 2.75) is 12.8 Å². The van der Waals surface area contributed by atoms with Crippen LogP contribution in [0, 0.1) is 0 Å². The van der Waals surface area contributed by atoms with Gasteiger partial charge in [0.2, 0.25) is 0 Å². The van der Waals surface area contributed by atoms with Crippen LogP contribution < -0.4 is 0 Å². The lowest BCUT2D eigenvalue weighted by Gasteiger charge is -2.10. The van der Waals surface area contributed by atoms with Gasteiger partial charge in [-0.1, -0.05) is 40.2 Å². The van der Waals surface area contributed by atoms with Crippen LogP contribution in [0.5, 0.6) is 0 Å². The van der Waals surface area contributed by atoms with Crippen LogP contribution in [0.4, 0.5) is 0 Å². The minimum absolute atomic E-state index is 0.178. The molecule has 0 spiro atoms. The predicted octanol–water partition coefficient (Wildman–Crippen LogP) is 3.71. The molecule has 0 heterocycles. The normalized spacial score (nSPS) is 18.7. The first kappa shape index (κ1) is 9.10. The Bertz CT molecular complexity index is 523. The molecule has 0 unspecified atom stereocenters. The van der Waals surface area contributed by atoms with Gasteiger partial charge in [-0.15, -0.1) is 0 Å². The van der Waals surface area contributed by atoms with E-state index in [1.807, 2.05) is 30.3 Å². The zero-order valence-corrected chi connectivity index (χ0v) is 9.67.